The minimum absolute atomic E-state index is 0.106. The molecule has 24 heavy (non-hydrogen) atoms. The first-order chi connectivity index (χ1) is 11.6. The summed E-state index contributed by atoms with van der Waals surface area (Å²) in [5, 5.41) is 3.60. The summed E-state index contributed by atoms with van der Waals surface area (Å²) in [7, 11) is 0. The highest BCUT2D eigenvalue weighted by Gasteiger charge is 2.14. The molecule has 1 saturated heterocycles. The molecular formula is C19H22ClN2O2+. The van der Waals surface area contributed by atoms with Gasteiger partial charge in [-0.25, -0.2) is 0 Å². The van der Waals surface area contributed by atoms with Crippen molar-refractivity contribution in [2.75, 3.05) is 31.6 Å². The second-order valence-electron chi connectivity index (χ2n) is 6.15. The van der Waals surface area contributed by atoms with E-state index in [0.717, 1.165) is 44.1 Å². The molecule has 2 aromatic rings. The van der Waals surface area contributed by atoms with Crippen molar-refractivity contribution in [3.63, 3.8) is 0 Å². The predicted molar refractivity (Wildman–Crippen MR) is 95.8 cm³/mol. The molecule has 1 amide bonds. The minimum atomic E-state index is -0.106. The maximum absolute atomic E-state index is 12.4. The molecule has 1 heterocycles. The molecule has 0 aliphatic carbocycles. The SMILES string of the molecule is Cc1cc(Cl)ccc1NC(=O)c1ccc(C[NH+]2CCOCC2)cc1. The predicted octanol–water partition coefficient (Wildman–Crippen LogP) is 2.32. The van der Waals surface area contributed by atoms with Gasteiger partial charge in [0.1, 0.15) is 19.6 Å². The molecule has 2 aromatic carbocycles. The van der Waals surface area contributed by atoms with Crippen LogP contribution in [0.1, 0.15) is 21.5 Å². The van der Waals surface area contributed by atoms with Crippen LogP contribution in [0, 0.1) is 6.92 Å². The fraction of sp³-hybridized carbons (Fsp3) is 0.316. The van der Waals surface area contributed by atoms with Gasteiger partial charge in [-0.2, -0.15) is 0 Å². The highest BCUT2D eigenvalue weighted by Crippen LogP contribution is 2.20. The number of hydrogen-bond donors (Lipinski definition) is 2. The lowest BCUT2D eigenvalue weighted by atomic mass is 10.1. The largest absolute Gasteiger partial charge is 0.370 e. The number of quaternary nitrogens is 1. The fourth-order valence-electron chi connectivity index (χ4n) is 2.86. The number of aryl methyl sites for hydroxylation is 1. The third kappa shape index (κ3) is 4.35. The minimum Gasteiger partial charge on any atom is -0.370 e. The van der Waals surface area contributed by atoms with Crippen LogP contribution in [0.5, 0.6) is 0 Å². The van der Waals surface area contributed by atoms with Crippen molar-refractivity contribution in [3.05, 3.63) is 64.2 Å². The van der Waals surface area contributed by atoms with E-state index in [9.17, 15) is 4.79 Å². The summed E-state index contributed by atoms with van der Waals surface area (Å²) < 4.78 is 5.38. The van der Waals surface area contributed by atoms with Crippen LogP contribution >= 0.6 is 11.6 Å². The molecule has 0 atom stereocenters. The van der Waals surface area contributed by atoms with Crippen molar-refractivity contribution in [1.82, 2.24) is 0 Å². The van der Waals surface area contributed by atoms with E-state index in [1.54, 1.807) is 6.07 Å². The number of amides is 1. The Bertz CT molecular complexity index is 710. The van der Waals surface area contributed by atoms with Gasteiger partial charge in [0.2, 0.25) is 0 Å². The summed E-state index contributed by atoms with van der Waals surface area (Å²) in [5.41, 5.74) is 3.63. The van der Waals surface area contributed by atoms with Crippen LogP contribution in [0.3, 0.4) is 0 Å². The Morgan fingerprint density at radius 3 is 2.54 bits per heavy atom. The normalized spacial score (nSPS) is 15.2. The highest BCUT2D eigenvalue weighted by atomic mass is 35.5. The van der Waals surface area contributed by atoms with Gasteiger partial charge in [-0.05, 0) is 42.8 Å². The molecule has 1 fully saturated rings. The Hall–Kier alpha value is -1.88. The first kappa shape index (κ1) is 17.0. The maximum atomic E-state index is 12.4. The van der Waals surface area contributed by atoms with Crippen molar-refractivity contribution in [2.24, 2.45) is 0 Å². The van der Waals surface area contributed by atoms with E-state index in [0.29, 0.717) is 10.6 Å². The highest BCUT2D eigenvalue weighted by molar-refractivity contribution is 6.30. The summed E-state index contributed by atoms with van der Waals surface area (Å²) in [5.74, 6) is -0.106. The second kappa shape index (κ2) is 7.79. The Balaban J connectivity index is 1.62. The zero-order valence-corrected chi connectivity index (χ0v) is 14.5. The van der Waals surface area contributed by atoms with E-state index >= 15 is 0 Å². The average Bonchev–Trinajstić information content (AvgIpc) is 2.59. The number of halogens is 1. The molecular weight excluding hydrogens is 324 g/mol. The number of carbonyl (C=O) groups is 1. The van der Waals surface area contributed by atoms with Crippen LogP contribution < -0.4 is 10.2 Å². The van der Waals surface area contributed by atoms with Crippen LogP contribution in [0.4, 0.5) is 5.69 Å². The van der Waals surface area contributed by atoms with Crippen LogP contribution in [-0.4, -0.2) is 32.2 Å². The summed E-state index contributed by atoms with van der Waals surface area (Å²) in [4.78, 5) is 13.9. The van der Waals surface area contributed by atoms with Gasteiger partial charge in [-0.1, -0.05) is 23.7 Å². The third-order valence-corrected chi connectivity index (χ3v) is 4.54. The van der Waals surface area contributed by atoms with Gasteiger partial charge < -0.3 is 15.0 Å². The zero-order valence-electron chi connectivity index (χ0n) is 13.8. The molecule has 3 rings (SSSR count). The molecule has 0 radical (unpaired) electrons. The van der Waals surface area contributed by atoms with Gasteiger partial charge in [0, 0.05) is 21.8 Å². The van der Waals surface area contributed by atoms with Crippen LogP contribution in [0.2, 0.25) is 5.02 Å². The topological polar surface area (TPSA) is 42.8 Å². The van der Waals surface area contributed by atoms with Crippen molar-refractivity contribution >= 4 is 23.2 Å². The van der Waals surface area contributed by atoms with Gasteiger partial charge in [0.15, 0.2) is 0 Å². The van der Waals surface area contributed by atoms with Gasteiger partial charge in [0.05, 0.1) is 13.2 Å². The van der Waals surface area contributed by atoms with Gasteiger partial charge in [-0.3, -0.25) is 4.79 Å². The van der Waals surface area contributed by atoms with Crippen LogP contribution in [0.25, 0.3) is 0 Å². The van der Waals surface area contributed by atoms with Crippen LogP contribution in [0.15, 0.2) is 42.5 Å². The zero-order chi connectivity index (χ0) is 16.9. The number of hydrogen-bond acceptors (Lipinski definition) is 2. The number of nitrogens with one attached hydrogen (secondary N) is 2. The summed E-state index contributed by atoms with van der Waals surface area (Å²) >= 11 is 5.95. The number of rotatable bonds is 4. The number of carbonyl (C=O) groups excluding carboxylic acids is 1. The lowest BCUT2D eigenvalue weighted by Crippen LogP contribution is -3.12. The third-order valence-electron chi connectivity index (χ3n) is 4.31. The Morgan fingerprint density at radius 2 is 1.88 bits per heavy atom. The standard InChI is InChI=1S/C19H21ClN2O2/c1-14-12-17(20)6-7-18(14)21-19(23)16-4-2-15(3-5-16)13-22-8-10-24-11-9-22/h2-7,12H,8-11,13H2,1H3,(H,21,23)/p+1. The number of morpholine rings is 1. The molecule has 0 unspecified atom stereocenters. The Labute approximate surface area is 147 Å². The molecule has 0 aromatic heterocycles. The summed E-state index contributed by atoms with van der Waals surface area (Å²) in [6, 6.07) is 13.3. The molecule has 0 saturated carbocycles. The second-order valence-corrected chi connectivity index (χ2v) is 6.59. The quantitative estimate of drug-likeness (QED) is 0.893. The molecule has 5 heteroatoms. The molecule has 0 bridgehead atoms. The van der Waals surface area contributed by atoms with E-state index in [-0.39, 0.29) is 5.91 Å². The molecule has 1 aliphatic rings. The van der Waals surface area contributed by atoms with Crippen molar-refractivity contribution < 1.29 is 14.4 Å². The lowest BCUT2D eigenvalue weighted by Gasteiger charge is -2.23. The monoisotopic (exact) mass is 345 g/mol. The van der Waals surface area contributed by atoms with Gasteiger partial charge in [-0.15, -0.1) is 0 Å². The van der Waals surface area contributed by atoms with E-state index in [2.05, 4.69) is 5.32 Å². The maximum Gasteiger partial charge on any atom is 0.255 e. The number of anilines is 1. The van der Waals surface area contributed by atoms with E-state index < -0.39 is 0 Å². The molecule has 2 N–H and O–H groups in total. The average molecular weight is 346 g/mol. The summed E-state index contributed by atoms with van der Waals surface area (Å²) in [6.45, 7) is 6.64. The van der Waals surface area contributed by atoms with E-state index in [1.165, 1.54) is 10.5 Å². The summed E-state index contributed by atoms with van der Waals surface area (Å²) in [6.07, 6.45) is 0. The van der Waals surface area contributed by atoms with Crippen molar-refractivity contribution in [1.29, 1.82) is 0 Å². The molecule has 0 spiro atoms. The molecule has 126 valence electrons. The molecule has 4 nitrogen and oxygen atoms in total. The van der Waals surface area contributed by atoms with E-state index in [1.807, 2.05) is 43.3 Å². The Morgan fingerprint density at radius 1 is 1.17 bits per heavy atom. The number of benzene rings is 2. The fourth-order valence-corrected chi connectivity index (χ4v) is 3.09. The van der Waals surface area contributed by atoms with E-state index in [4.69, 9.17) is 16.3 Å². The Kier molecular flexibility index (Phi) is 5.51. The smallest absolute Gasteiger partial charge is 0.255 e. The first-order valence-corrected chi connectivity index (χ1v) is 8.57. The van der Waals surface area contributed by atoms with Crippen molar-refractivity contribution in [3.8, 4) is 0 Å². The van der Waals surface area contributed by atoms with Crippen LogP contribution in [-0.2, 0) is 11.3 Å². The van der Waals surface area contributed by atoms with Gasteiger partial charge in [0.25, 0.3) is 5.91 Å². The lowest BCUT2D eigenvalue weighted by molar-refractivity contribution is -0.921. The molecule has 1 aliphatic heterocycles. The van der Waals surface area contributed by atoms with Gasteiger partial charge >= 0.3 is 0 Å². The van der Waals surface area contributed by atoms with Crippen molar-refractivity contribution in [2.45, 2.75) is 13.5 Å². The first-order valence-electron chi connectivity index (χ1n) is 8.19. The number of ether oxygens (including phenoxy) is 1.